The van der Waals surface area contributed by atoms with Gasteiger partial charge in [-0.15, -0.1) is 0 Å². The molecule has 8 aromatic carbocycles. The van der Waals surface area contributed by atoms with E-state index in [2.05, 4.69) is 174 Å². The first-order valence-electron chi connectivity index (χ1n) is 17.9. The van der Waals surface area contributed by atoms with Crippen LogP contribution in [0.1, 0.15) is 0 Å². The molecule has 0 amide bonds. The molecule has 2 aliphatic heterocycles. The first-order valence-corrected chi connectivity index (χ1v) is 17.9. The zero-order valence-corrected chi connectivity index (χ0v) is 28.0. The van der Waals surface area contributed by atoms with E-state index in [-0.39, 0.29) is 6.71 Å². The Morgan fingerprint density at radius 3 is 1.54 bits per heavy atom. The second-order valence-corrected chi connectivity index (χ2v) is 13.9. The molecule has 0 atom stereocenters. The number of rotatable bonds is 1. The van der Waals surface area contributed by atoms with Gasteiger partial charge in [-0.05, 0) is 80.0 Å². The molecule has 0 fully saturated rings. The predicted molar refractivity (Wildman–Crippen MR) is 217 cm³/mol. The molecular weight excluding hydrogens is 633 g/mol. The molecule has 0 unspecified atom stereocenters. The summed E-state index contributed by atoms with van der Waals surface area (Å²) in [7, 11) is 0. The van der Waals surface area contributed by atoms with Crippen molar-refractivity contribution < 1.29 is 9.47 Å². The lowest BCUT2D eigenvalue weighted by molar-refractivity contribution is 0.465. The summed E-state index contributed by atoms with van der Waals surface area (Å²) in [5, 5.41) is 9.66. The monoisotopic (exact) mass is 661 g/mol. The second-order valence-electron chi connectivity index (χ2n) is 13.9. The van der Waals surface area contributed by atoms with E-state index in [1.165, 1.54) is 59.6 Å². The average molecular weight is 662 g/mol. The summed E-state index contributed by atoms with van der Waals surface area (Å²) >= 11 is 0. The van der Waals surface area contributed by atoms with Crippen LogP contribution in [0.2, 0.25) is 0 Å². The van der Waals surface area contributed by atoms with Crippen molar-refractivity contribution in [2.45, 2.75) is 0 Å². The molecule has 12 rings (SSSR count). The molecule has 0 bridgehead atoms. The normalized spacial score (nSPS) is 12.9. The quantitative estimate of drug-likeness (QED) is 0.164. The van der Waals surface area contributed by atoms with Crippen molar-refractivity contribution in [2.24, 2.45) is 0 Å². The fraction of sp³-hybridized carbons (Fsp3) is 0. The van der Waals surface area contributed by atoms with Gasteiger partial charge in [0.25, 0.3) is 6.71 Å². The van der Waals surface area contributed by atoms with Crippen LogP contribution in [0, 0.1) is 0 Å². The second kappa shape index (κ2) is 10.4. The van der Waals surface area contributed by atoms with Gasteiger partial charge in [0.05, 0.1) is 16.6 Å². The van der Waals surface area contributed by atoms with Crippen LogP contribution in [0.5, 0.6) is 23.0 Å². The highest BCUT2D eigenvalue weighted by Crippen LogP contribution is 2.44. The van der Waals surface area contributed by atoms with E-state index in [9.17, 15) is 0 Å². The zero-order valence-electron chi connectivity index (χ0n) is 28.0. The summed E-state index contributed by atoms with van der Waals surface area (Å²) in [6.07, 6.45) is 0. The summed E-state index contributed by atoms with van der Waals surface area (Å²) in [5.74, 6) is 3.46. The molecule has 4 heteroatoms. The minimum atomic E-state index is 0.0312. The Bertz CT molecular complexity index is 3140. The van der Waals surface area contributed by atoms with Crippen molar-refractivity contribution in [1.29, 1.82) is 0 Å². The van der Waals surface area contributed by atoms with E-state index >= 15 is 0 Å². The molecule has 3 nitrogen and oxygen atoms in total. The number of para-hydroxylation sites is 5. The third-order valence-electron chi connectivity index (χ3n) is 11.3. The maximum atomic E-state index is 6.78. The van der Waals surface area contributed by atoms with Crippen LogP contribution in [0.15, 0.2) is 170 Å². The van der Waals surface area contributed by atoms with Gasteiger partial charge in [0.1, 0.15) is 23.0 Å². The van der Waals surface area contributed by atoms with Crippen LogP contribution in [0.3, 0.4) is 0 Å². The lowest BCUT2D eigenvalue weighted by atomic mass is 9.35. The minimum Gasteiger partial charge on any atom is -0.458 e. The Labute approximate surface area is 299 Å². The molecule has 0 aliphatic carbocycles. The molecule has 240 valence electrons. The minimum absolute atomic E-state index is 0.0312. The molecule has 2 aliphatic rings. The summed E-state index contributed by atoms with van der Waals surface area (Å²) < 4.78 is 16.0. The number of aromatic nitrogens is 1. The molecule has 10 aromatic rings. The molecule has 0 saturated carbocycles. The predicted octanol–water partition coefficient (Wildman–Crippen LogP) is 10.7. The molecular formula is C48H28BNO2. The topological polar surface area (TPSA) is 22.9 Å². The number of ether oxygens (including phenoxy) is 2. The zero-order chi connectivity index (χ0) is 33.9. The van der Waals surface area contributed by atoms with E-state index in [0.717, 1.165) is 50.5 Å². The third-order valence-corrected chi connectivity index (χ3v) is 11.3. The smallest absolute Gasteiger partial charge is 0.260 e. The number of hydrogen-bond acceptors (Lipinski definition) is 2. The van der Waals surface area contributed by atoms with Gasteiger partial charge < -0.3 is 13.9 Å². The summed E-state index contributed by atoms with van der Waals surface area (Å²) in [4.78, 5) is 0. The highest BCUT2D eigenvalue weighted by molar-refractivity contribution is 6.98. The van der Waals surface area contributed by atoms with Gasteiger partial charge in [0.2, 0.25) is 0 Å². The summed E-state index contributed by atoms with van der Waals surface area (Å²) in [5.41, 5.74) is 9.16. The standard InChI is InChI=1S/C48H28BNO2/c1-2-14-32-31(13-1)33-15-3-7-23-40(33)50-41-24-8-4-16-34(41)36-19-12-20-37(48(36)50)46-30(17-11-18-35(32)46)29-27-44-47-45(28-29)52-43-26-10-6-22-39(43)49(47)38-21-5-9-25-42(38)51-44/h1-28H. The third kappa shape index (κ3) is 3.71. The largest absolute Gasteiger partial charge is 0.458 e. The summed E-state index contributed by atoms with van der Waals surface area (Å²) in [6.45, 7) is 0.0312. The van der Waals surface area contributed by atoms with Gasteiger partial charge in [-0.1, -0.05) is 133 Å². The first-order chi connectivity index (χ1) is 25.8. The van der Waals surface area contributed by atoms with E-state index in [0.29, 0.717) is 0 Å². The Hall–Kier alpha value is -6.78. The Morgan fingerprint density at radius 2 is 0.865 bits per heavy atom. The van der Waals surface area contributed by atoms with Gasteiger partial charge in [-0.3, -0.25) is 0 Å². The molecule has 4 heterocycles. The lowest BCUT2D eigenvalue weighted by Crippen LogP contribution is -2.57. The van der Waals surface area contributed by atoms with Crippen LogP contribution in [-0.4, -0.2) is 11.1 Å². The molecule has 52 heavy (non-hydrogen) atoms. The molecule has 0 radical (unpaired) electrons. The van der Waals surface area contributed by atoms with Crippen LogP contribution in [-0.2, 0) is 0 Å². The van der Waals surface area contributed by atoms with Crippen LogP contribution in [0.25, 0.3) is 70.8 Å². The van der Waals surface area contributed by atoms with Gasteiger partial charge in [-0.25, -0.2) is 0 Å². The van der Waals surface area contributed by atoms with E-state index in [1.807, 2.05) is 0 Å². The van der Waals surface area contributed by atoms with Gasteiger partial charge >= 0.3 is 0 Å². The highest BCUT2D eigenvalue weighted by atomic mass is 16.5. The number of benzene rings is 8. The van der Waals surface area contributed by atoms with Crippen molar-refractivity contribution in [3.8, 4) is 34.1 Å². The van der Waals surface area contributed by atoms with E-state index in [1.54, 1.807) is 0 Å². The SMILES string of the molecule is c1ccc2c(c1)Oc1cc(-c3cccc4c5ccccc5c5ccccc5n5c6ccccc6c6cccc(c34)c65)cc3c1B2c1ccccc1O3. The van der Waals surface area contributed by atoms with Gasteiger partial charge in [0.15, 0.2) is 0 Å². The fourth-order valence-electron chi connectivity index (χ4n) is 9.18. The number of nitrogens with zero attached hydrogens (tertiary/aromatic N) is 1. The average Bonchev–Trinajstić information content (AvgIpc) is 3.56. The van der Waals surface area contributed by atoms with Crippen molar-refractivity contribution in [3.63, 3.8) is 0 Å². The Morgan fingerprint density at radius 1 is 0.385 bits per heavy atom. The fourth-order valence-corrected chi connectivity index (χ4v) is 9.18. The van der Waals surface area contributed by atoms with Crippen molar-refractivity contribution in [1.82, 2.24) is 4.40 Å². The Balaban J connectivity index is 1.28. The van der Waals surface area contributed by atoms with E-state index in [4.69, 9.17) is 9.47 Å². The maximum absolute atomic E-state index is 6.78. The first kappa shape index (κ1) is 28.0. The van der Waals surface area contributed by atoms with Crippen molar-refractivity contribution >= 4 is 82.7 Å². The molecule has 0 N–H and O–H groups in total. The molecule has 2 aromatic heterocycles. The van der Waals surface area contributed by atoms with Crippen molar-refractivity contribution in [2.75, 3.05) is 0 Å². The van der Waals surface area contributed by atoms with Gasteiger partial charge in [-0.2, -0.15) is 0 Å². The number of fused-ring (bicyclic) bond motifs is 14. The molecule has 0 spiro atoms. The lowest BCUT2D eigenvalue weighted by Gasteiger charge is -2.33. The van der Waals surface area contributed by atoms with Gasteiger partial charge in [0, 0.05) is 27.0 Å². The van der Waals surface area contributed by atoms with Crippen LogP contribution in [0.4, 0.5) is 0 Å². The summed E-state index contributed by atoms with van der Waals surface area (Å²) in [6, 6.07) is 61.3. The Kier molecular flexibility index (Phi) is 5.58. The van der Waals surface area contributed by atoms with Crippen LogP contribution >= 0.6 is 0 Å². The highest BCUT2D eigenvalue weighted by Gasteiger charge is 2.40. The maximum Gasteiger partial charge on any atom is 0.260 e. The molecule has 0 saturated heterocycles. The number of hydrogen-bond donors (Lipinski definition) is 0. The van der Waals surface area contributed by atoms with Crippen molar-refractivity contribution in [3.05, 3.63) is 170 Å². The van der Waals surface area contributed by atoms with Crippen LogP contribution < -0.4 is 25.9 Å². The van der Waals surface area contributed by atoms with E-state index < -0.39 is 0 Å².